The van der Waals surface area contributed by atoms with Crippen LogP contribution in [0.15, 0.2) is 20.1 Å². The molecule has 2 rings (SSSR count). The molecule has 2 atom stereocenters. The molecule has 110 valence electrons. The van der Waals surface area contributed by atoms with E-state index in [1.54, 1.807) is 11.4 Å². The van der Waals surface area contributed by atoms with Crippen molar-refractivity contribution >= 4 is 49.7 Å². The molecule has 0 aliphatic heterocycles. The van der Waals surface area contributed by atoms with Gasteiger partial charge in [0, 0.05) is 10.5 Å². The van der Waals surface area contributed by atoms with Crippen molar-refractivity contribution in [2.45, 2.75) is 35.9 Å². The summed E-state index contributed by atoms with van der Waals surface area (Å²) in [6.45, 7) is 0.540. The Hall–Kier alpha value is 0.340. The number of nitrogens with two attached hydrogens (primary N) is 1. The summed E-state index contributed by atoms with van der Waals surface area (Å²) in [4.78, 5) is 0. The fraction of sp³-hybridized carbons (Fsp3) is 0.636. The Morgan fingerprint density at radius 2 is 2.11 bits per heavy atom. The first kappa shape index (κ1) is 17.4. The molecule has 1 aliphatic rings. The van der Waals surface area contributed by atoms with E-state index in [0.717, 1.165) is 25.7 Å². The van der Waals surface area contributed by atoms with E-state index in [0.29, 0.717) is 15.2 Å². The number of nitrogens with one attached hydrogen (secondary N) is 1. The lowest BCUT2D eigenvalue weighted by Crippen LogP contribution is -2.44. The molecular weight excluding hydrogens is 372 g/mol. The summed E-state index contributed by atoms with van der Waals surface area (Å²) in [5.41, 5.74) is 5.72. The Bertz CT molecular complexity index is 507. The van der Waals surface area contributed by atoms with E-state index >= 15 is 0 Å². The van der Waals surface area contributed by atoms with Gasteiger partial charge in [0.25, 0.3) is 10.0 Å². The van der Waals surface area contributed by atoms with Crippen LogP contribution in [0, 0.1) is 5.92 Å². The molecule has 0 saturated heterocycles. The van der Waals surface area contributed by atoms with Crippen molar-refractivity contribution in [2.24, 2.45) is 11.7 Å². The van der Waals surface area contributed by atoms with Gasteiger partial charge in [0.15, 0.2) is 0 Å². The molecule has 1 aromatic rings. The number of hydrogen-bond donors (Lipinski definition) is 2. The molecule has 0 amide bonds. The van der Waals surface area contributed by atoms with Crippen LogP contribution in [-0.2, 0) is 10.0 Å². The Balaban J connectivity index is 0.00000180. The third kappa shape index (κ3) is 4.15. The highest BCUT2D eigenvalue weighted by atomic mass is 79.9. The van der Waals surface area contributed by atoms with Crippen LogP contribution in [0.1, 0.15) is 25.7 Å². The summed E-state index contributed by atoms with van der Waals surface area (Å²) >= 11 is 4.49. The number of rotatable bonds is 4. The molecule has 8 heteroatoms. The predicted octanol–water partition coefficient (Wildman–Crippen LogP) is 2.73. The fourth-order valence-electron chi connectivity index (χ4n) is 2.37. The van der Waals surface area contributed by atoms with E-state index in [4.69, 9.17) is 5.73 Å². The first-order chi connectivity index (χ1) is 8.54. The lowest BCUT2D eigenvalue weighted by molar-refractivity contribution is 0.296. The van der Waals surface area contributed by atoms with Gasteiger partial charge in [-0.15, -0.1) is 23.7 Å². The molecule has 4 nitrogen and oxygen atoms in total. The van der Waals surface area contributed by atoms with Gasteiger partial charge in [0.05, 0.1) is 0 Å². The highest BCUT2D eigenvalue weighted by molar-refractivity contribution is 9.10. The van der Waals surface area contributed by atoms with Gasteiger partial charge in [-0.3, -0.25) is 0 Å². The third-order valence-electron chi connectivity index (χ3n) is 3.35. The zero-order valence-corrected chi connectivity index (χ0v) is 14.4. The van der Waals surface area contributed by atoms with Gasteiger partial charge >= 0.3 is 0 Å². The lowest BCUT2D eigenvalue weighted by atomic mass is 9.85. The molecule has 0 radical (unpaired) electrons. The van der Waals surface area contributed by atoms with Gasteiger partial charge < -0.3 is 5.73 Å². The highest BCUT2D eigenvalue weighted by Gasteiger charge is 2.29. The van der Waals surface area contributed by atoms with Crippen molar-refractivity contribution in [3.05, 3.63) is 15.9 Å². The van der Waals surface area contributed by atoms with E-state index in [9.17, 15) is 8.42 Å². The first-order valence-corrected chi connectivity index (χ1v) is 9.15. The largest absolute Gasteiger partial charge is 0.330 e. The zero-order chi connectivity index (χ0) is 13.2. The molecule has 0 aromatic carbocycles. The maximum absolute atomic E-state index is 12.3. The van der Waals surface area contributed by atoms with Gasteiger partial charge in [0.1, 0.15) is 4.21 Å². The summed E-state index contributed by atoms with van der Waals surface area (Å²) < 4.78 is 28.3. The second-order valence-electron chi connectivity index (χ2n) is 4.56. The molecular formula is C11H18BrClN2O2S2. The molecule has 1 aromatic heterocycles. The van der Waals surface area contributed by atoms with E-state index < -0.39 is 10.0 Å². The Labute approximate surface area is 132 Å². The predicted molar refractivity (Wildman–Crippen MR) is 84.4 cm³/mol. The van der Waals surface area contributed by atoms with Gasteiger partial charge in [-0.05, 0) is 52.7 Å². The molecule has 0 spiro atoms. The van der Waals surface area contributed by atoms with E-state index in [1.165, 1.54) is 11.3 Å². The number of halogens is 2. The minimum Gasteiger partial charge on any atom is -0.330 e. The average molecular weight is 390 g/mol. The topological polar surface area (TPSA) is 72.2 Å². The zero-order valence-electron chi connectivity index (χ0n) is 10.3. The quantitative estimate of drug-likeness (QED) is 0.831. The second kappa shape index (κ2) is 7.38. The summed E-state index contributed by atoms with van der Waals surface area (Å²) in [5.74, 6) is 0.257. The van der Waals surface area contributed by atoms with Gasteiger partial charge in [-0.2, -0.15) is 0 Å². The summed E-state index contributed by atoms with van der Waals surface area (Å²) in [5, 5.41) is 1.76. The van der Waals surface area contributed by atoms with E-state index in [1.807, 2.05) is 0 Å². The summed E-state index contributed by atoms with van der Waals surface area (Å²) in [6, 6.07) is 1.73. The SMILES string of the molecule is Cl.NCC1CCCCC1NS(=O)(=O)c1sccc1Br. The summed E-state index contributed by atoms with van der Waals surface area (Å²) in [7, 11) is -3.42. The highest BCUT2D eigenvalue weighted by Crippen LogP contribution is 2.30. The molecule has 2 unspecified atom stereocenters. The van der Waals surface area contributed by atoms with Crippen LogP contribution >= 0.6 is 39.7 Å². The summed E-state index contributed by atoms with van der Waals surface area (Å²) in [6.07, 6.45) is 4.09. The molecule has 3 N–H and O–H groups in total. The van der Waals surface area contributed by atoms with Crippen LogP contribution in [0.5, 0.6) is 0 Å². The molecule has 1 saturated carbocycles. The maximum Gasteiger partial charge on any atom is 0.251 e. The van der Waals surface area contributed by atoms with Crippen molar-refractivity contribution in [1.82, 2.24) is 4.72 Å². The van der Waals surface area contributed by atoms with Gasteiger partial charge in [-0.25, -0.2) is 13.1 Å². The van der Waals surface area contributed by atoms with Crippen LogP contribution in [0.3, 0.4) is 0 Å². The van der Waals surface area contributed by atoms with Crippen LogP contribution in [-0.4, -0.2) is 21.0 Å². The standard InChI is InChI=1S/C11H17BrN2O2S2.ClH/c12-9-5-6-17-11(9)18(15,16)14-10-4-2-1-3-8(10)7-13;/h5-6,8,10,14H,1-4,7,13H2;1H. The lowest BCUT2D eigenvalue weighted by Gasteiger charge is -2.30. The third-order valence-corrected chi connectivity index (χ3v) is 7.51. The van der Waals surface area contributed by atoms with Crippen LogP contribution in [0.2, 0.25) is 0 Å². The van der Waals surface area contributed by atoms with Crippen molar-refractivity contribution in [3.8, 4) is 0 Å². The van der Waals surface area contributed by atoms with Crippen LogP contribution < -0.4 is 10.5 Å². The van der Waals surface area contributed by atoms with Crippen LogP contribution in [0.25, 0.3) is 0 Å². The van der Waals surface area contributed by atoms with Gasteiger partial charge in [-0.1, -0.05) is 12.8 Å². The molecule has 0 bridgehead atoms. The number of sulfonamides is 1. The smallest absolute Gasteiger partial charge is 0.251 e. The van der Waals surface area contributed by atoms with Crippen molar-refractivity contribution in [1.29, 1.82) is 0 Å². The van der Waals surface area contributed by atoms with Crippen LogP contribution in [0.4, 0.5) is 0 Å². The van der Waals surface area contributed by atoms with Gasteiger partial charge in [0.2, 0.25) is 0 Å². The van der Waals surface area contributed by atoms with Crippen molar-refractivity contribution in [2.75, 3.05) is 6.54 Å². The number of hydrogen-bond acceptors (Lipinski definition) is 4. The van der Waals surface area contributed by atoms with E-state index in [-0.39, 0.29) is 24.4 Å². The Morgan fingerprint density at radius 1 is 1.42 bits per heavy atom. The first-order valence-electron chi connectivity index (χ1n) is 6.00. The van der Waals surface area contributed by atoms with Crippen molar-refractivity contribution < 1.29 is 8.42 Å². The normalized spacial score (nSPS) is 23.9. The minimum atomic E-state index is -3.42. The fourth-order valence-corrected chi connectivity index (χ4v) is 6.06. The Morgan fingerprint density at radius 3 is 2.68 bits per heavy atom. The maximum atomic E-state index is 12.3. The van der Waals surface area contributed by atoms with Crippen molar-refractivity contribution in [3.63, 3.8) is 0 Å². The number of thiophene rings is 1. The molecule has 1 aliphatic carbocycles. The molecule has 1 fully saturated rings. The minimum absolute atomic E-state index is 0. The second-order valence-corrected chi connectivity index (χ2v) is 8.24. The Kier molecular flexibility index (Phi) is 6.75. The average Bonchev–Trinajstić information content (AvgIpc) is 2.76. The molecule has 1 heterocycles. The monoisotopic (exact) mass is 388 g/mol. The van der Waals surface area contributed by atoms with E-state index in [2.05, 4.69) is 20.7 Å². The molecule has 19 heavy (non-hydrogen) atoms.